The molecule has 6 aliphatic rings. The first-order chi connectivity index (χ1) is 24.3. The number of hydrogen-bond donors (Lipinski definition) is 2. The second kappa shape index (κ2) is 12.9. The lowest BCUT2D eigenvalue weighted by atomic mass is 9.32. The van der Waals surface area contributed by atoms with Crippen LogP contribution in [0.5, 0.6) is 0 Å². The number of allylic oxidation sites excluding steroid dienone is 2. The minimum atomic E-state index is -2.56. The molecule has 1 aromatic rings. The van der Waals surface area contributed by atoms with E-state index in [1.54, 1.807) is 6.07 Å². The summed E-state index contributed by atoms with van der Waals surface area (Å²) < 4.78 is 42.4. The zero-order valence-corrected chi connectivity index (χ0v) is 32.7. The van der Waals surface area contributed by atoms with Crippen molar-refractivity contribution in [2.75, 3.05) is 26.2 Å². The van der Waals surface area contributed by atoms with Gasteiger partial charge in [0.2, 0.25) is 5.91 Å². The van der Waals surface area contributed by atoms with Gasteiger partial charge >= 0.3 is 5.97 Å². The lowest BCUT2D eigenvalue weighted by Gasteiger charge is -2.72. The zero-order chi connectivity index (χ0) is 37.6. The normalized spacial score (nSPS) is 40.9. The van der Waals surface area contributed by atoms with Crippen molar-refractivity contribution in [3.05, 3.63) is 41.2 Å². The molecule has 288 valence electrons. The van der Waals surface area contributed by atoms with Crippen LogP contribution in [0.3, 0.4) is 0 Å². The first kappa shape index (κ1) is 37.9. The third-order valence-corrected chi connectivity index (χ3v) is 17.2. The molecule has 2 N–H and O–H groups in total. The van der Waals surface area contributed by atoms with Gasteiger partial charge in [-0.25, -0.2) is 18.0 Å². The Labute approximate surface area is 309 Å². The van der Waals surface area contributed by atoms with E-state index in [9.17, 15) is 27.9 Å². The first-order valence-electron chi connectivity index (χ1n) is 20.4. The summed E-state index contributed by atoms with van der Waals surface area (Å²) in [5.74, 6) is -1.48. The van der Waals surface area contributed by atoms with Crippen LogP contribution in [0.4, 0.5) is 13.2 Å². The van der Waals surface area contributed by atoms with Crippen LogP contribution < -0.4 is 5.32 Å². The largest absolute Gasteiger partial charge is 0.478 e. The number of halogens is 3. The van der Waals surface area contributed by atoms with E-state index in [1.165, 1.54) is 12.1 Å². The molecule has 7 rings (SSSR count). The predicted octanol–water partition coefficient (Wildman–Crippen LogP) is 10.1. The van der Waals surface area contributed by atoms with Crippen molar-refractivity contribution in [2.24, 2.45) is 62.6 Å². The van der Waals surface area contributed by atoms with E-state index in [-0.39, 0.29) is 51.4 Å². The maximum atomic E-state index is 14.9. The number of amides is 1. The van der Waals surface area contributed by atoms with E-state index in [4.69, 9.17) is 0 Å². The Morgan fingerprint density at radius 3 is 2.27 bits per heavy atom. The van der Waals surface area contributed by atoms with Crippen molar-refractivity contribution in [1.29, 1.82) is 0 Å². The SMILES string of the molecule is CC(C)[C@@H]1CC[C@]2(C(=O)NCCN3CCC(F)(F)CC3)CC[C@]3(C)[C@H](CC[C@@H]4[C@@]5(C)CC=C(c6ccc(C(=O)O)c(F)c6)C(C)(C)[C@@H]5CC[C@]43C)[C@@H]12. The highest BCUT2D eigenvalue weighted by atomic mass is 19.3. The standard InChI is InChI=1S/C44H63F3N2O3/c1-27(2)29-12-17-43(38(52)48-22-25-49-23-20-44(46,47)21-24-49)19-18-41(6)32(36(29)43)10-11-35-40(5)15-13-31(28-8-9-30(37(50)51)33(45)26-28)39(3,4)34(40)14-16-42(35,41)7/h8-9,13,26-27,29,32,34-36H,10-12,14-25H2,1-7H3,(H,48,52)(H,50,51)/t29-,32+,34-,35+,36+,40-,41+,42+,43-/m0/s1. The van der Waals surface area contributed by atoms with Gasteiger partial charge in [-0.15, -0.1) is 0 Å². The molecule has 1 saturated heterocycles. The number of alkyl halides is 2. The Morgan fingerprint density at radius 2 is 1.62 bits per heavy atom. The molecule has 0 aromatic heterocycles. The van der Waals surface area contributed by atoms with Crippen molar-refractivity contribution in [3.8, 4) is 0 Å². The molecule has 9 atom stereocenters. The van der Waals surface area contributed by atoms with Crippen molar-refractivity contribution >= 4 is 17.4 Å². The fourth-order valence-electron chi connectivity index (χ4n) is 14.3. The number of benzene rings is 1. The molecule has 52 heavy (non-hydrogen) atoms. The molecule has 1 heterocycles. The van der Waals surface area contributed by atoms with Gasteiger partial charge < -0.3 is 15.3 Å². The lowest BCUT2D eigenvalue weighted by molar-refractivity contribution is -0.227. The molecular formula is C44H63F3N2O3. The second-order valence-electron chi connectivity index (χ2n) is 19.8. The van der Waals surface area contributed by atoms with Gasteiger partial charge in [0.05, 0.1) is 11.0 Å². The van der Waals surface area contributed by atoms with Gasteiger partial charge in [-0.1, -0.05) is 60.6 Å². The highest BCUT2D eigenvalue weighted by Gasteiger charge is 2.71. The predicted molar refractivity (Wildman–Crippen MR) is 199 cm³/mol. The number of piperidine rings is 1. The molecule has 1 aromatic carbocycles. The third-order valence-electron chi connectivity index (χ3n) is 17.2. The molecule has 1 amide bonds. The first-order valence-corrected chi connectivity index (χ1v) is 20.4. The summed E-state index contributed by atoms with van der Waals surface area (Å²) in [5.41, 5.74) is 1.39. The number of aromatic carboxylic acids is 1. The number of carboxylic acids is 1. The maximum absolute atomic E-state index is 14.9. The highest BCUT2D eigenvalue weighted by Crippen LogP contribution is 2.77. The van der Waals surface area contributed by atoms with Gasteiger partial charge in [0.1, 0.15) is 5.82 Å². The summed E-state index contributed by atoms with van der Waals surface area (Å²) in [6.07, 6.45) is 11.6. The van der Waals surface area contributed by atoms with E-state index >= 15 is 0 Å². The zero-order valence-electron chi connectivity index (χ0n) is 32.7. The minimum absolute atomic E-state index is 0.0744. The summed E-state index contributed by atoms with van der Waals surface area (Å²) in [6, 6.07) is 4.62. The van der Waals surface area contributed by atoms with E-state index in [0.29, 0.717) is 61.7 Å². The Bertz CT molecular complexity index is 1610. The van der Waals surface area contributed by atoms with Gasteiger partial charge in [-0.3, -0.25) is 4.79 Å². The number of nitrogens with one attached hydrogen (secondary N) is 1. The van der Waals surface area contributed by atoms with E-state index in [2.05, 4.69) is 64.8 Å². The maximum Gasteiger partial charge on any atom is 0.338 e. The number of likely N-dealkylation sites (tertiary alicyclic amines) is 1. The molecule has 5 nitrogen and oxygen atoms in total. The number of hydrogen-bond acceptors (Lipinski definition) is 3. The Balaban J connectivity index is 1.14. The average Bonchev–Trinajstić information content (AvgIpc) is 3.47. The van der Waals surface area contributed by atoms with Crippen LogP contribution in [0.1, 0.15) is 135 Å². The van der Waals surface area contributed by atoms with Gasteiger partial charge in [-0.2, -0.15) is 0 Å². The van der Waals surface area contributed by atoms with Crippen LogP contribution >= 0.6 is 0 Å². The molecule has 0 unspecified atom stereocenters. The highest BCUT2D eigenvalue weighted by molar-refractivity contribution is 5.88. The van der Waals surface area contributed by atoms with Gasteiger partial charge in [0, 0.05) is 39.0 Å². The summed E-state index contributed by atoms with van der Waals surface area (Å²) in [5, 5.41) is 12.8. The van der Waals surface area contributed by atoms with Crippen molar-refractivity contribution in [3.63, 3.8) is 0 Å². The molecule has 5 aliphatic carbocycles. The molecular weight excluding hydrogens is 661 g/mol. The number of carbonyl (C=O) groups is 2. The van der Waals surface area contributed by atoms with Crippen LogP contribution in [-0.4, -0.2) is 54.0 Å². The van der Waals surface area contributed by atoms with Crippen LogP contribution in [0.25, 0.3) is 5.57 Å². The molecule has 0 bridgehead atoms. The Hall–Kier alpha value is -2.35. The molecule has 0 spiro atoms. The third kappa shape index (κ3) is 5.64. The fourth-order valence-corrected chi connectivity index (χ4v) is 14.3. The lowest BCUT2D eigenvalue weighted by Crippen LogP contribution is -2.66. The number of carboxylic acid groups (broad SMARTS) is 1. The summed E-state index contributed by atoms with van der Waals surface area (Å²) in [6.45, 7) is 19.0. The number of fused-ring (bicyclic) bond motifs is 7. The minimum Gasteiger partial charge on any atom is -0.478 e. The van der Waals surface area contributed by atoms with Crippen LogP contribution in [-0.2, 0) is 4.79 Å². The quantitative estimate of drug-likeness (QED) is 0.294. The number of nitrogens with zero attached hydrogens (tertiary/aromatic N) is 1. The summed E-state index contributed by atoms with van der Waals surface area (Å²) in [4.78, 5) is 28.1. The number of carbonyl (C=O) groups excluding carboxylic acids is 1. The van der Waals surface area contributed by atoms with Crippen LogP contribution in [0.15, 0.2) is 24.3 Å². The van der Waals surface area contributed by atoms with Crippen LogP contribution in [0.2, 0.25) is 0 Å². The van der Waals surface area contributed by atoms with Crippen LogP contribution in [0, 0.1) is 68.4 Å². The smallest absolute Gasteiger partial charge is 0.338 e. The van der Waals surface area contributed by atoms with Crippen molar-refractivity contribution < 1.29 is 27.9 Å². The van der Waals surface area contributed by atoms with Gasteiger partial charge in [0.25, 0.3) is 5.92 Å². The molecule has 1 aliphatic heterocycles. The van der Waals surface area contributed by atoms with Gasteiger partial charge in [-0.05, 0) is 138 Å². The van der Waals surface area contributed by atoms with Crippen molar-refractivity contribution in [1.82, 2.24) is 10.2 Å². The molecule has 8 heteroatoms. The number of rotatable bonds is 7. The fraction of sp³-hybridized carbons (Fsp3) is 0.773. The Morgan fingerprint density at radius 1 is 0.904 bits per heavy atom. The summed E-state index contributed by atoms with van der Waals surface area (Å²) >= 11 is 0. The van der Waals surface area contributed by atoms with Crippen molar-refractivity contribution in [2.45, 2.75) is 125 Å². The van der Waals surface area contributed by atoms with E-state index < -0.39 is 17.7 Å². The Kier molecular flexibility index (Phi) is 9.39. The van der Waals surface area contributed by atoms with Gasteiger partial charge in [0.15, 0.2) is 0 Å². The topological polar surface area (TPSA) is 69.6 Å². The summed E-state index contributed by atoms with van der Waals surface area (Å²) in [7, 11) is 0. The van der Waals surface area contributed by atoms with E-state index in [1.807, 2.05) is 0 Å². The average molecular weight is 725 g/mol. The molecule has 0 radical (unpaired) electrons. The molecule has 5 fully saturated rings. The second-order valence-corrected chi connectivity index (χ2v) is 19.8. The molecule has 4 saturated carbocycles. The monoisotopic (exact) mass is 724 g/mol. The van der Waals surface area contributed by atoms with E-state index in [0.717, 1.165) is 68.9 Å².